The Bertz CT molecular complexity index is 3580. The zero-order valence-electron chi connectivity index (χ0n) is 37.2. The zero-order valence-corrected chi connectivity index (χ0v) is 37.2. The minimum absolute atomic E-state index is 0.216. The number of benzene rings is 8. The lowest BCUT2D eigenvalue weighted by molar-refractivity contribution is 0.364. The molecule has 0 radical (unpaired) electrons. The summed E-state index contributed by atoms with van der Waals surface area (Å²) in [6.07, 6.45) is 11.8. The van der Waals surface area contributed by atoms with Crippen molar-refractivity contribution < 1.29 is 0 Å². The molecule has 1 N–H and O–H groups in total. The summed E-state index contributed by atoms with van der Waals surface area (Å²) < 4.78 is 2.51. The molecule has 1 unspecified atom stereocenters. The van der Waals surface area contributed by atoms with Gasteiger partial charge in [0.2, 0.25) is 0 Å². The molecule has 8 aromatic carbocycles. The largest absolute Gasteiger partial charge is 0.314 e. The van der Waals surface area contributed by atoms with Crippen molar-refractivity contribution in [2.75, 3.05) is 4.90 Å². The van der Waals surface area contributed by atoms with Crippen LogP contribution < -0.4 is 10.2 Å². The number of allylic oxidation sites excluding steroid dienone is 5. The van der Waals surface area contributed by atoms with Crippen molar-refractivity contribution in [3.8, 4) is 23.0 Å². The monoisotopic (exact) mass is 848 g/mol. The predicted molar refractivity (Wildman–Crippen MR) is 276 cm³/mol. The molecule has 316 valence electrons. The van der Waals surface area contributed by atoms with E-state index in [-0.39, 0.29) is 6.04 Å². The average Bonchev–Trinajstić information content (AvgIpc) is 3.85. The molecular formula is C62H48N4. The van der Waals surface area contributed by atoms with Crippen molar-refractivity contribution in [2.24, 2.45) is 4.99 Å². The maximum Gasteiger partial charge on any atom is 0.136 e. The number of hydrogen-bond acceptors (Lipinski definition) is 3. The molecule has 0 amide bonds. The Balaban J connectivity index is 0.960. The van der Waals surface area contributed by atoms with E-state index in [1.807, 2.05) is 24.3 Å². The second-order valence-corrected chi connectivity index (χ2v) is 17.7. The van der Waals surface area contributed by atoms with E-state index in [2.05, 4.69) is 223 Å². The number of aromatic nitrogens is 1. The molecule has 4 heteroatoms. The van der Waals surface area contributed by atoms with Gasteiger partial charge in [-0.15, -0.1) is 0 Å². The first-order valence-corrected chi connectivity index (χ1v) is 23.1. The van der Waals surface area contributed by atoms with E-state index in [0.29, 0.717) is 0 Å². The molecule has 1 aliphatic carbocycles. The minimum atomic E-state index is -0.798. The summed E-state index contributed by atoms with van der Waals surface area (Å²) in [5.41, 5.74) is 16.9. The Morgan fingerprint density at radius 3 is 2.30 bits per heavy atom. The smallest absolute Gasteiger partial charge is 0.136 e. The number of nitrogens with one attached hydrogen (secondary N) is 1. The SMILES string of the molecule is C/C=C\C=C1/Cc2c(-c3ccc4c(c3)c3ccccc3n4C3=CCCc4c3ccc3ccccc43)cccc2N1c1cccc(C2(C)N=C(c3ccccc3)C#C[C@@H](c3ccccc3)N2)c1. The molecule has 0 spiro atoms. The molecule has 3 heterocycles. The summed E-state index contributed by atoms with van der Waals surface area (Å²) in [5, 5.41) is 9.08. The molecule has 2 atom stereocenters. The standard InChI is InChI=1S/C62H48N4/c1-3-4-24-48-41-55-50(45-34-38-61-54(39-45)52-27-13-14-30-58(52)66(61)59-31-17-29-51-49-26-12-11-18-42(49)33-35-53(51)59)28-16-32-60(55)65(48)47-25-15-23-46(40-47)62(2)63-56(43-19-7-5-8-20-43)36-37-57(64-62)44-21-9-6-10-22-44/h3-16,18-28,30-35,38-40,56,63H,17,29,41H2,1-2H3/b4-3-,48-24+/t56-,62?/m0/s1. The number of anilines is 2. The number of aliphatic imine (C=N–C) groups is 1. The Hall–Kier alpha value is -7.97. The predicted octanol–water partition coefficient (Wildman–Crippen LogP) is 14.6. The fourth-order valence-electron chi connectivity index (χ4n) is 10.6. The third-order valence-electron chi connectivity index (χ3n) is 13.7. The Labute approximate surface area is 386 Å². The van der Waals surface area contributed by atoms with E-state index in [9.17, 15) is 0 Å². The number of nitrogens with zero attached hydrogens (tertiary/aromatic N) is 3. The van der Waals surface area contributed by atoms with Crippen molar-refractivity contribution >= 4 is 55.4 Å². The number of fused-ring (bicyclic) bond motifs is 7. The van der Waals surface area contributed by atoms with E-state index in [4.69, 9.17) is 4.99 Å². The molecule has 2 aliphatic heterocycles. The molecule has 1 aromatic heterocycles. The van der Waals surface area contributed by atoms with Crippen molar-refractivity contribution in [3.63, 3.8) is 0 Å². The van der Waals surface area contributed by atoms with Gasteiger partial charge in [0.25, 0.3) is 0 Å². The second kappa shape index (κ2) is 16.2. The van der Waals surface area contributed by atoms with Crippen LogP contribution in [0.3, 0.4) is 0 Å². The highest BCUT2D eigenvalue weighted by Gasteiger charge is 2.34. The third-order valence-corrected chi connectivity index (χ3v) is 13.7. The quantitative estimate of drug-likeness (QED) is 0.162. The number of para-hydroxylation sites is 1. The van der Waals surface area contributed by atoms with E-state index in [0.717, 1.165) is 47.4 Å². The van der Waals surface area contributed by atoms with Crippen LogP contribution in [0.25, 0.3) is 49.4 Å². The van der Waals surface area contributed by atoms with E-state index in [1.165, 1.54) is 77.5 Å². The molecule has 0 fully saturated rings. The van der Waals surface area contributed by atoms with Crippen LogP contribution in [0.4, 0.5) is 11.4 Å². The van der Waals surface area contributed by atoms with Crippen molar-refractivity contribution in [2.45, 2.75) is 44.8 Å². The van der Waals surface area contributed by atoms with Crippen LogP contribution in [-0.2, 0) is 18.5 Å². The highest BCUT2D eigenvalue weighted by atomic mass is 15.2. The Morgan fingerprint density at radius 2 is 1.44 bits per heavy atom. The average molecular weight is 849 g/mol. The van der Waals surface area contributed by atoms with E-state index >= 15 is 0 Å². The van der Waals surface area contributed by atoms with Gasteiger partial charge in [0.05, 0.1) is 22.8 Å². The van der Waals surface area contributed by atoms with Crippen LogP contribution in [-0.4, -0.2) is 10.3 Å². The van der Waals surface area contributed by atoms with Gasteiger partial charge in [0.1, 0.15) is 11.4 Å². The van der Waals surface area contributed by atoms with Gasteiger partial charge in [-0.3, -0.25) is 5.32 Å². The lowest BCUT2D eigenvalue weighted by Gasteiger charge is -2.31. The fraction of sp³-hybridized carbons (Fsp3) is 0.113. The van der Waals surface area contributed by atoms with Gasteiger partial charge in [-0.05, 0) is 119 Å². The van der Waals surface area contributed by atoms with Gasteiger partial charge in [-0.2, -0.15) is 0 Å². The molecule has 4 nitrogen and oxygen atoms in total. The second-order valence-electron chi connectivity index (χ2n) is 17.7. The molecule has 0 bridgehead atoms. The van der Waals surface area contributed by atoms with Crippen LogP contribution in [0.15, 0.2) is 217 Å². The van der Waals surface area contributed by atoms with Crippen molar-refractivity contribution in [1.29, 1.82) is 0 Å². The maximum absolute atomic E-state index is 5.44. The van der Waals surface area contributed by atoms with Crippen molar-refractivity contribution in [3.05, 3.63) is 245 Å². The first-order chi connectivity index (χ1) is 32.5. The van der Waals surface area contributed by atoms with Gasteiger partial charge in [0.15, 0.2) is 0 Å². The summed E-state index contributed by atoms with van der Waals surface area (Å²) in [4.78, 5) is 7.88. The number of rotatable bonds is 7. The van der Waals surface area contributed by atoms with Crippen LogP contribution in [0, 0.1) is 11.8 Å². The Morgan fingerprint density at radius 1 is 0.667 bits per heavy atom. The fourth-order valence-corrected chi connectivity index (χ4v) is 10.6. The van der Waals surface area contributed by atoms with Crippen LogP contribution >= 0.6 is 0 Å². The van der Waals surface area contributed by atoms with Gasteiger partial charge in [-0.1, -0.05) is 170 Å². The van der Waals surface area contributed by atoms with Crippen LogP contribution in [0.1, 0.15) is 59.7 Å². The summed E-state index contributed by atoms with van der Waals surface area (Å²) in [7, 11) is 0. The molecule has 12 rings (SSSR count). The molecule has 9 aromatic rings. The summed E-state index contributed by atoms with van der Waals surface area (Å²) in [5.74, 6) is 6.99. The lowest BCUT2D eigenvalue weighted by atomic mass is 9.89. The van der Waals surface area contributed by atoms with Crippen molar-refractivity contribution in [1.82, 2.24) is 9.88 Å². The highest BCUT2D eigenvalue weighted by molar-refractivity contribution is 6.14. The molecule has 0 saturated carbocycles. The van der Waals surface area contributed by atoms with Crippen LogP contribution in [0.5, 0.6) is 0 Å². The minimum Gasteiger partial charge on any atom is -0.314 e. The molecule has 66 heavy (non-hydrogen) atoms. The van der Waals surface area contributed by atoms with E-state index < -0.39 is 5.66 Å². The first kappa shape index (κ1) is 39.6. The first-order valence-electron chi connectivity index (χ1n) is 23.1. The van der Waals surface area contributed by atoms with E-state index in [1.54, 1.807) is 0 Å². The molecule has 0 saturated heterocycles. The number of aryl methyl sites for hydroxylation is 1. The topological polar surface area (TPSA) is 32.6 Å². The third kappa shape index (κ3) is 6.71. The van der Waals surface area contributed by atoms with Gasteiger partial charge < -0.3 is 9.47 Å². The summed E-state index contributed by atoms with van der Waals surface area (Å²) in [6, 6.07) is 65.7. The lowest BCUT2D eigenvalue weighted by Crippen LogP contribution is -2.40. The highest BCUT2D eigenvalue weighted by Crippen LogP contribution is 2.47. The van der Waals surface area contributed by atoms with Gasteiger partial charge >= 0.3 is 0 Å². The van der Waals surface area contributed by atoms with Crippen LogP contribution in [0.2, 0.25) is 0 Å². The zero-order chi connectivity index (χ0) is 44.2. The summed E-state index contributed by atoms with van der Waals surface area (Å²) in [6.45, 7) is 4.25. The molecular weight excluding hydrogens is 801 g/mol. The normalized spacial score (nSPS) is 18.5. The van der Waals surface area contributed by atoms with Gasteiger partial charge in [0, 0.05) is 45.4 Å². The number of hydrogen-bond donors (Lipinski definition) is 1. The maximum atomic E-state index is 5.44. The summed E-state index contributed by atoms with van der Waals surface area (Å²) >= 11 is 0. The Kier molecular flexibility index (Phi) is 9.74. The molecule has 3 aliphatic rings. The van der Waals surface area contributed by atoms with Gasteiger partial charge in [-0.25, -0.2) is 4.99 Å².